The van der Waals surface area contributed by atoms with Gasteiger partial charge in [-0.2, -0.15) is 0 Å². The lowest BCUT2D eigenvalue weighted by Gasteiger charge is -2.31. The molecule has 1 atom stereocenters. The van der Waals surface area contributed by atoms with Crippen LogP contribution in [-0.2, 0) is 17.9 Å². The molecule has 1 aliphatic rings. The van der Waals surface area contributed by atoms with Crippen LogP contribution in [0, 0.1) is 5.92 Å². The van der Waals surface area contributed by atoms with E-state index in [4.69, 9.17) is 26.8 Å². The average molecular weight is 420 g/mol. The molecule has 8 heteroatoms. The second-order valence-corrected chi connectivity index (χ2v) is 7.86. The van der Waals surface area contributed by atoms with Gasteiger partial charge in [0.1, 0.15) is 0 Å². The smallest absolute Gasteiger partial charge is 0.255 e. The molecule has 2 heterocycles. The Bertz CT molecular complexity index is 1000. The topological polar surface area (TPSA) is 86.8 Å². The maximum Gasteiger partial charge on any atom is 0.255 e. The number of benzene rings is 1. The van der Waals surface area contributed by atoms with Crippen molar-refractivity contribution >= 4 is 28.4 Å². The Morgan fingerprint density at radius 1 is 1.28 bits per heavy atom. The third-order valence-electron chi connectivity index (χ3n) is 5.30. The summed E-state index contributed by atoms with van der Waals surface area (Å²) in [5.41, 5.74) is 6.64. The standard InChI is InChI=1S/C21H26ClN3O4/c1-13(22)10-25-17-9-19(29-3)18(28-2)8-15(17)7-16(21(25)27)12-24-6-4-5-14(11-24)20(23)26/h7-9,14H,1,4-6,10-12H2,2-3H3,(H2,23,26). The zero-order valence-corrected chi connectivity index (χ0v) is 17.5. The Hall–Kier alpha value is -2.51. The molecule has 0 radical (unpaired) electrons. The van der Waals surface area contributed by atoms with Crippen molar-refractivity contribution in [1.29, 1.82) is 0 Å². The number of likely N-dealkylation sites (tertiary alicyclic amines) is 1. The summed E-state index contributed by atoms with van der Waals surface area (Å²) in [6.07, 6.45) is 1.66. The van der Waals surface area contributed by atoms with Crippen LogP contribution in [0.3, 0.4) is 0 Å². The van der Waals surface area contributed by atoms with Crippen molar-refractivity contribution in [2.24, 2.45) is 11.7 Å². The number of primary amides is 1. The van der Waals surface area contributed by atoms with Gasteiger partial charge in [0.15, 0.2) is 11.5 Å². The number of methoxy groups -OCH3 is 2. The molecule has 1 amide bonds. The summed E-state index contributed by atoms with van der Waals surface area (Å²) < 4.78 is 12.4. The lowest BCUT2D eigenvalue weighted by atomic mass is 9.97. The highest BCUT2D eigenvalue weighted by Gasteiger charge is 2.25. The number of piperidine rings is 1. The predicted molar refractivity (Wildman–Crippen MR) is 114 cm³/mol. The minimum atomic E-state index is -0.291. The second kappa shape index (κ2) is 8.88. The van der Waals surface area contributed by atoms with E-state index in [0.29, 0.717) is 40.7 Å². The summed E-state index contributed by atoms with van der Waals surface area (Å²) in [5.74, 6) is 0.633. The number of amides is 1. The van der Waals surface area contributed by atoms with Crippen LogP contribution < -0.4 is 20.8 Å². The number of carbonyl (C=O) groups is 1. The van der Waals surface area contributed by atoms with E-state index in [0.717, 1.165) is 24.8 Å². The van der Waals surface area contributed by atoms with Crippen molar-refractivity contribution in [3.05, 3.63) is 45.7 Å². The van der Waals surface area contributed by atoms with E-state index < -0.39 is 0 Å². The van der Waals surface area contributed by atoms with Gasteiger partial charge in [-0.15, -0.1) is 0 Å². The van der Waals surface area contributed by atoms with Crippen LogP contribution in [0.5, 0.6) is 11.5 Å². The summed E-state index contributed by atoms with van der Waals surface area (Å²) in [5, 5.41) is 1.19. The van der Waals surface area contributed by atoms with Crippen LogP contribution in [-0.4, -0.2) is 42.7 Å². The van der Waals surface area contributed by atoms with Crippen LogP contribution in [0.4, 0.5) is 0 Å². The SMILES string of the molecule is C=C(Cl)Cn1c(=O)c(CN2CCCC(C(N)=O)C2)cc2cc(OC)c(OC)cc21. The van der Waals surface area contributed by atoms with Crippen LogP contribution in [0.2, 0.25) is 0 Å². The molecular weight excluding hydrogens is 394 g/mol. The average Bonchev–Trinajstić information content (AvgIpc) is 2.70. The lowest BCUT2D eigenvalue weighted by molar-refractivity contribution is -0.123. The molecule has 0 saturated carbocycles. The van der Waals surface area contributed by atoms with Gasteiger partial charge in [-0.3, -0.25) is 14.5 Å². The Kier molecular flexibility index (Phi) is 6.49. The first-order valence-corrected chi connectivity index (χ1v) is 9.85. The number of rotatable bonds is 7. The minimum Gasteiger partial charge on any atom is -0.493 e. The van der Waals surface area contributed by atoms with E-state index in [9.17, 15) is 9.59 Å². The molecule has 156 valence electrons. The summed E-state index contributed by atoms with van der Waals surface area (Å²) in [6, 6.07) is 5.47. The van der Waals surface area contributed by atoms with Crippen molar-refractivity contribution < 1.29 is 14.3 Å². The number of aromatic nitrogens is 1. The highest BCUT2D eigenvalue weighted by atomic mass is 35.5. The van der Waals surface area contributed by atoms with Crippen LogP contribution in [0.15, 0.2) is 34.6 Å². The van der Waals surface area contributed by atoms with E-state index in [2.05, 4.69) is 11.5 Å². The molecule has 0 aliphatic carbocycles. The molecule has 2 aromatic rings. The summed E-state index contributed by atoms with van der Waals surface area (Å²) >= 11 is 6.04. The number of nitrogens with two attached hydrogens (primary N) is 1. The van der Waals surface area contributed by atoms with Crippen molar-refractivity contribution in [2.75, 3.05) is 27.3 Å². The molecule has 1 saturated heterocycles. The van der Waals surface area contributed by atoms with E-state index in [1.54, 1.807) is 24.9 Å². The Labute approximate surface area is 174 Å². The van der Waals surface area contributed by atoms with Gasteiger partial charge in [-0.1, -0.05) is 18.2 Å². The summed E-state index contributed by atoms with van der Waals surface area (Å²) in [4.78, 5) is 26.9. The third-order valence-corrected chi connectivity index (χ3v) is 5.42. The summed E-state index contributed by atoms with van der Waals surface area (Å²) in [6.45, 7) is 5.73. The van der Waals surface area contributed by atoms with Gasteiger partial charge in [0.25, 0.3) is 5.56 Å². The second-order valence-electron chi connectivity index (χ2n) is 7.32. The molecular formula is C21H26ClN3O4. The number of hydrogen-bond donors (Lipinski definition) is 1. The van der Waals surface area contributed by atoms with Gasteiger partial charge >= 0.3 is 0 Å². The maximum absolute atomic E-state index is 13.2. The quantitative estimate of drug-likeness (QED) is 0.745. The first-order valence-electron chi connectivity index (χ1n) is 9.47. The Morgan fingerprint density at radius 2 is 1.97 bits per heavy atom. The monoisotopic (exact) mass is 419 g/mol. The number of carbonyl (C=O) groups excluding carboxylic acids is 1. The zero-order valence-electron chi connectivity index (χ0n) is 16.7. The van der Waals surface area contributed by atoms with Gasteiger partial charge in [0, 0.05) is 35.1 Å². The van der Waals surface area contributed by atoms with Crippen molar-refractivity contribution in [3.63, 3.8) is 0 Å². The molecule has 1 aromatic carbocycles. The molecule has 1 aliphatic heterocycles. The van der Waals surface area contributed by atoms with E-state index in [1.165, 1.54) is 0 Å². The van der Waals surface area contributed by atoms with Crippen molar-refractivity contribution in [3.8, 4) is 11.5 Å². The Morgan fingerprint density at radius 3 is 2.59 bits per heavy atom. The van der Waals surface area contributed by atoms with Crippen LogP contribution in [0.25, 0.3) is 10.9 Å². The van der Waals surface area contributed by atoms with E-state index in [1.807, 2.05) is 12.1 Å². The molecule has 2 N–H and O–H groups in total. The molecule has 29 heavy (non-hydrogen) atoms. The van der Waals surface area contributed by atoms with Crippen LogP contribution >= 0.6 is 11.6 Å². The number of halogens is 1. The number of hydrogen-bond acceptors (Lipinski definition) is 5. The fourth-order valence-electron chi connectivity index (χ4n) is 3.88. The lowest BCUT2D eigenvalue weighted by Crippen LogP contribution is -2.41. The highest BCUT2D eigenvalue weighted by Crippen LogP contribution is 2.32. The number of ether oxygens (including phenoxy) is 2. The maximum atomic E-state index is 13.2. The molecule has 1 unspecified atom stereocenters. The molecule has 1 aromatic heterocycles. The number of pyridine rings is 1. The molecule has 1 fully saturated rings. The Balaban J connectivity index is 2.07. The van der Waals surface area contributed by atoms with E-state index in [-0.39, 0.29) is 23.9 Å². The van der Waals surface area contributed by atoms with Gasteiger partial charge in [-0.25, -0.2) is 0 Å². The fourth-order valence-corrected chi connectivity index (χ4v) is 4.00. The third kappa shape index (κ3) is 4.57. The first-order chi connectivity index (χ1) is 13.8. The van der Waals surface area contributed by atoms with E-state index >= 15 is 0 Å². The summed E-state index contributed by atoms with van der Waals surface area (Å²) in [7, 11) is 3.12. The fraction of sp³-hybridized carbons (Fsp3) is 0.429. The van der Waals surface area contributed by atoms with Gasteiger partial charge < -0.3 is 19.8 Å². The minimum absolute atomic E-state index is 0.146. The highest BCUT2D eigenvalue weighted by molar-refractivity contribution is 6.29. The first kappa shape index (κ1) is 21.2. The van der Waals surface area contributed by atoms with Gasteiger partial charge in [-0.05, 0) is 31.5 Å². The molecule has 7 nitrogen and oxygen atoms in total. The number of nitrogens with zero attached hydrogens (tertiary/aromatic N) is 2. The van der Waals surface area contributed by atoms with Gasteiger partial charge in [0.05, 0.1) is 32.2 Å². The number of allylic oxidation sites excluding steroid dienone is 1. The number of fused-ring (bicyclic) bond motifs is 1. The van der Waals surface area contributed by atoms with Crippen molar-refractivity contribution in [2.45, 2.75) is 25.9 Å². The normalized spacial score (nSPS) is 17.3. The largest absolute Gasteiger partial charge is 0.493 e. The molecule has 0 spiro atoms. The predicted octanol–water partition coefficient (Wildman–Crippen LogP) is 2.47. The van der Waals surface area contributed by atoms with Gasteiger partial charge in [0.2, 0.25) is 5.91 Å². The molecule has 0 bridgehead atoms. The van der Waals surface area contributed by atoms with Crippen molar-refractivity contribution in [1.82, 2.24) is 9.47 Å². The molecule has 3 rings (SSSR count). The zero-order chi connectivity index (χ0) is 21.1. The van der Waals surface area contributed by atoms with Crippen LogP contribution in [0.1, 0.15) is 18.4 Å².